The van der Waals surface area contributed by atoms with Crippen molar-refractivity contribution in [3.05, 3.63) is 33.9 Å². The number of benzene rings is 1. The molecule has 0 atom stereocenters. The summed E-state index contributed by atoms with van der Waals surface area (Å²) in [5.41, 5.74) is 0.953. The van der Waals surface area contributed by atoms with Gasteiger partial charge in [-0.2, -0.15) is 5.26 Å². The molecular weight excluding hydrogens is 254 g/mol. The third kappa shape index (κ3) is 3.27. The summed E-state index contributed by atoms with van der Waals surface area (Å²) in [6, 6.07) is 7.31. The first-order valence-electron chi connectivity index (χ1n) is 6.98. The Labute approximate surface area is 119 Å². The van der Waals surface area contributed by atoms with Gasteiger partial charge in [-0.1, -0.05) is 13.8 Å². The van der Waals surface area contributed by atoms with E-state index in [4.69, 9.17) is 5.26 Å². The topological polar surface area (TPSA) is 70.2 Å². The van der Waals surface area contributed by atoms with Crippen LogP contribution in [0.3, 0.4) is 0 Å². The van der Waals surface area contributed by atoms with Gasteiger partial charge in [0, 0.05) is 24.3 Å². The zero-order valence-corrected chi connectivity index (χ0v) is 11.9. The van der Waals surface area contributed by atoms with Gasteiger partial charge < -0.3 is 4.90 Å². The predicted molar refractivity (Wildman–Crippen MR) is 77.6 cm³/mol. The number of anilines is 1. The fourth-order valence-electron chi connectivity index (χ4n) is 2.26. The highest BCUT2D eigenvalue weighted by molar-refractivity contribution is 5.60. The van der Waals surface area contributed by atoms with Crippen LogP contribution in [0.25, 0.3) is 0 Å². The van der Waals surface area contributed by atoms with Gasteiger partial charge >= 0.3 is 0 Å². The third-order valence-corrected chi connectivity index (χ3v) is 3.56. The lowest BCUT2D eigenvalue weighted by Gasteiger charge is -2.25. The number of nitriles is 1. The molecule has 0 heterocycles. The van der Waals surface area contributed by atoms with Crippen LogP contribution in [0.4, 0.5) is 11.4 Å². The molecule has 0 bridgehead atoms. The van der Waals surface area contributed by atoms with E-state index in [9.17, 15) is 10.1 Å². The first kappa shape index (κ1) is 14.3. The average molecular weight is 273 g/mol. The monoisotopic (exact) mass is 273 g/mol. The molecular formula is C15H19N3O2. The Morgan fingerprint density at radius 3 is 2.70 bits per heavy atom. The fraction of sp³-hybridized carbons (Fsp3) is 0.533. The maximum absolute atomic E-state index is 10.9. The van der Waals surface area contributed by atoms with E-state index >= 15 is 0 Å². The molecule has 106 valence electrons. The number of hydrogen-bond acceptors (Lipinski definition) is 4. The van der Waals surface area contributed by atoms with Crippen LogP contribution in [-0.2, 0) is 0 Å². The Hall–Kier alpha value is -2.09. The molecule has 0 spiro atoms. The third-order valence-electron chi connectivity index (χ3n) is 3.56. The van der Waals surface area contributed by atoms with E-state index in [0.717, 1.165) is 31.5 Å². The predicted octanol–water partition coefficient (Wildman–Crippen LogP) is 3.48. The Balaban J connectivity index is 2.25. The first-order chi connectivity index (χ1) is 9.52. The van der Waals surface area contributed by atoms with Crippen molar-refractivity contribution < 1.29 is 4.92 Å². The smallest absolute Gasteiger partial charge is 0.287 e. The molecule has 0 amide bonds. The van der Waals surface area contributed by atoms with Crippen molar-refractivity contribution in [2.75, 3.05) is 11.4 Å². The quantitative estimate of drug-likeness (QED) is 0.587. The maximum atomic E-state index is 10.9. The van der Waals surface area contributed by atoms with E-state index in [1.54, 1.807) is 12.1 Å². The largest absolute Gasteiger partial charge is 0.368 e. The molecule has 0 radical (unpaired) electrons. The summed E-state index contributed by atoms with van der Waals surface area (Å²) < 4.78 is 0. The average Bonchev–Trinajstić information content (AvgIpc) is 3.22. The molecule has 0 N–H and O–H groups in total. The molecule has 0 unspecified atom stereocenters. The standard InChI is InChI=1S/C15H19N3O2/c1-11(2)7-8-17(13-3-4-13)14-5-6-15(18(19)20)12(9-14)10-16/h5-6,9,11,13H,3-4,7-8H2,1-2H3. The van der Waals surface area contributed by atoms with Crippen molar-refractivity contribution >= 4 is 11.4 Å². The van der Waals surface area contributed by atoms with Crippen LogP contribution in [0.1, 0.15) is 38.7 Å². The minimum Gasteiger partial charge on any atom is -0.368 e. The molecule has 1 fully saturated rings. The number of nitro benzene ring substituents is 1. The first-order valence-corrected chi connectivity index (χ1v) is 6.98. The zero-order chi connectivity index (χ0) is 14.7. The van der Waals surface area contributed by atoms with E-state index in [2.05, 4.69) is 18.7 Å². The van der Waals surface area contributed by atoms with E-state index in [-0.39, 0.29) is 11.3 Å². The van der Waals surface area contributed by atoms with Gasteiger partial charge in [0.15, 0.2) is 0 Å². The highest BCUT2D eigenvalue weighted by Gasteiger charge is 2.30. The summed E-state index contributed by atoms with van der Waals surface area (Å²) in [5, 5.41) is 19.9. The molecule has 1 aromatic rings. The lowest BCUT2D eigenvalue weighted by atomic mass is 10.1. The van der Waals surface area contributed by atoms with Crippen LogP contribution < -0.4 is 4.90 Å². The fourth-order valence-corrected chi connectivity index (χ4v) is 2.26. The summed E-state index contributed by atoms with van der Waals surface area (Å²) in [6.45, 7) is 5.30. The second-order valence-electron chi connectivity index (χ2n) is 5.68. The molecule has 1 saturated carbocycles. The highest BCUT2D eigenvalue weighted by Crippen LogP contribution is 2.34. The second kappa shape index (κ2) is 5.91. The number of rotatable bonds is 6. The Morgan fingerprint density at radius 1 is 1.50 bits per heavy atom. The summed E-state index contributed by atoms with van der Waals surface area (Å²) in [5.74, 6) is 0.615. The van der Waals surface area contributed by atoms with Gasteiger partial charge in [0.1, 0.15) is 11.6 Å². The molecule has 0 aromatic heterocycles. The summed E-state index contributed by atoms with van der Waals surface area (Å²) >= 11 is 0. The molecule has 20 heavy (non-hydrogen) atoms. The van der Waals surface area contributed by atoms with E-state index in [1.165, 1.54) is 6.07 Å². The van der Waals surface area contributed by atoms with Crippen molar-refractivity contribution in [2.45, 2.75) is 39.2 Å². The van der Waals surface area contributed by atoms with Gasteiger partial charge in [0.2, 0.25) is 0 Å². The summed E-state index contributed by atoms with van der Waals surface area (Å²) in [6.07, 6.45) is 3.41. The number of hydrogen-bond donors (Lipinski definition) is 0. The summed E-state index contributed by atoms with van der Waals surface area (Å²) in [4.78, 5) is 12.6. The minimum atomic E-state index is -0.502. The number of nitro groups is 1. The van der Waals surface area contributed by atoms with Gasteiger partial charge in [-0.05, 0) is 37.3 Å². The van der Waals surface area contributed by atoms with Gasteiger partial charge in [-0.25, -0.2) is 0 Å². The van der Waals surface area contributed by atoms with Crippen molar-refractivity contribution in [1.29, 1.82) is 5.26 Å². The lowest BCUT2D eigenvalue weighted by molar-refractivity contribution is -0.385. The molecule has 1 aromatic carbocycles. The van der Waals surface area contributed by atoms with Gasteiger partial charge in [-0.15, -0.1) is 0 Å². The number of nitrogens with zero attached hydrogens (tertiary/aromatic N) is 3. The normalized spacial score (nSPS) is 14.1. The molecule has 2 rings (SSSR count). The van der Waals surface area contributed by atoms with Crippen LogP contribution in [0.5, 0.6) is 0 Å². The summed E-state index contributed by atoms with van der Waals surface area (Å²) in [7, 11) is 0. The van der Waals surface area contributed by atoms with E-state index in [1.807, 2.05) is 6.07 Å². The molecule has 1 aliphatic carbocycles. The molecule has 5 nitrogen and oxygen atoms in total. The van der Waals surface area contributed by atoms with E-state index in [0.29, 0.717) is 12.0 Å². The van der Waals surface area contributed by atoms with Gasteiger partial charge in [0.05, 0.1) is 4.92 Å². The highest BCUT2D eigenvalue weighted by atomic mass is 16.6. The Kier molecular flexibility index (Phi) is 4.23. The van der Waals surface area contributed by atoms with E-state index < -0.39 is 4.92 Å². The lowest BCUT2D eigenvalue weighted by Crippen LogP contribution is -2.27. The SMILES string of the molecule is CC(C)CCN(c1ccc([N+](=O)[O-])c(C#N)c1)C1CC1. The van der Waals surface area contributed by atoms with Crippen molar-refractivity contribution in [3.8, 4) is 6.07 Å². The molecule has 0 saturated heterocycles. The van der Waals surface area contributed by atoms with Crippen LogP contribution in [-0.4, -0.2) is 17.5 Å². The molecule has 5 heteroatoms. The minimum absolute atomic E-state index is 0.115. The van der Waals surface area contributed by atoms with Crippen molar-refractivity contribution in [1.82, 2.24) is 0 Å². The Bertz CT molecular complexity index is 545. The van der Waals surface area contributed by atoms with Crippen LogP contribution >= 0.6 is 0 Å². The van der Waals surface area contributed by atoms with Crippen molar-refractivity contribution in [3.63, 3.8) is 0 Å². The van der Waals surface area contributed by atoms with Crippen LogP contribution in [0.15, 0.2) is 18.2 Å². The molecule has 1 aliphatic rings. The molecule has 0 aliphatic heterocycles. The maximum Gasteiger partial charge on any atom is 0.287 e. The second-order valence-corrected chi connectivity index (χ2v) is 5.68. The van der Waals surface area contributed by atoms with Gasteiger partial charge in [-0.3, -0.25) is 10.1 Å². The van der Waals surface area contributed by atoms with Gasteiger partial charge in [0.25, 0.3) is 5.69 Å². The Morgan fingerprint density at radius 2 is 2.20 bits per heavy atom. The van der Waals surface area contributed by atoms with Crippen LogP contribution in [0, 0.1) is 27.4 Å². The van der Waals surface area contributed by atoms with Crippen LogP contribution in [0.2, 0.25) is 0 Å². The van der Waals surface area contributed by atoms with Crippen molar-refractivity contribution in [2.24, 2.45) is 5.92 Å². The zero-order valence-electron chi connectivity index (χ0n) is 11.9.